The standard InChI is InChI=1S/C32H40O9/c1-8-16(2)29(37)41-28-19-11-18-20-12-24(35)40-27(17-9-10-39-15-17)31(20,5)14-21(33)25(18)32(6,26(19)36)22(30(28,3)4)13-23(34)38-7/h8-11,15,19-22,25,27-28,33H,12-14H2,1-7H3/b16-8+/t19-,20+,21-,22+,25-,27+,28-,31-,32+/m1/s1. The Hall–Kier alpha value is -3.20. The minimum Gasteiger partial charge on any atom is -0.472 e. The number of esters is 3. The van der Waals surface area contributed by atoms with Gasteiger partial charge in [0.1, 0.15) is 18.0 Å². The van der Waals surface area contributed by atoms with Crippen LogP contribution in [-0.2, 0) is 33.4 Å². The van der Waals surface area contributed by atoms with Crippen molar-refractivity contribution in [3.8, 4) is 0 Å². The highest BCUT2D eigenvalue weighted by Crippen LogP contribution is 2.68. The van der Waals surface area contributed by atoms with Gasteiger partial charge in [-0.1, -0.05) is 45.4 Å². The third-order valence-electron chi connectivity index (χ3n) is 10.8. The summed E-state index contributed by atoms with van der Waals surface area (Å²) in [5, 5.41) is 11.9. The lowest BCUT2D eigenvalue weighted by molar-refractivity contribution is -0.206. The third kappa shape index (κ3) is 4.22. The summed E-state index contributed by atoms with van der Waals surface area (Å²) < 4.78 is 22.3. The molecule has 3 aliphatic carbocycles. The van der Waals surface area contributed by atoms with Crippen molar-refractivity contribution < 1.29 is 42.9 Å². The Bertz CT molecular complexity index is 1320. The van der Waals surface area contributed by atoms with Crippen LogP contribution in [0.15, 0.2) is 46.3 Å². The lowest BCUT2D eigenvalue weighted by Gasteiger charge is -2.64. The first kappa shape index (κ1) is 29.3. The molecule has 2 saturated carbocycles. The molecule has 222 valence electrons. The summed E-state index contributed by atoms with van der Waals surface area (Å²) in [5.41, 5.74) is -0.806. The molecule has 2 heterocycles. The van der Waals surface area contributed by atoms with Crippen molar-refractivity contribution in [1.82, 2.24) is 0 Å². The van der Waals surface area contributed by atoms with Gasteiger partial charge in [0.2, 0.25) is 0 Å². The van der Waals surface area contributed by atoms with Gasteiger partial charge in [-0.2, -0.15) is 0 Å². The summed E-state index contributed by atoms with van der Waals surface area (Å²) in [4.78, 5) is 53.4. The third-order valence-corrected chi connectivity index (χ3v) is 10.8. The van der Waals surface area contributed by atoms with Crippen LogP contribution in [0.3, 0.4) is 0 Å². The average molecular weight is 569 g/mol. The molecule has 9 nitrogen and oxygen atoms in total. The number of ketones is 1. The minimum absolute atomic E-state index is 0.0874. The van der Waals surface area contributed by atoms with Gasteiger partial charge in [-0.05, 0) is 38.2 Å². The van der Waals surface area contributed by atoms with E-state index in [4.69, 9.17) is 18.6 Å². The zero-order chi connectivity index (χ0) is 30.1. The maximum absolute atomic E-state index is 14.5. The highest BCUT2D eigenvalue weighted by atomic mass is 16.6. The van der Waals surface area contributed by atoms with Crippen LogP contribution in [0, 0.1) is 39.9 Å². The lowest BCUT2D eigenvalue weighted by atomic mass is 9.40. The highest BCUT2D eigenvalue weighted by Gasteiger charge is 2.70. The van der Waals surface area contributed by atoms with Gasteiger partial charge in [0.25, 0.3) is 0 Å². The van der Waals surface area contributed by atoms with E-state index in [0.29, 0.717) is 11.1 Å². The molecular weight excluding hydrogens is 528 g/mol. The number of aliphatic hydroxyl groups is 1. The summed E-state index contributed by atoms with van der Waals surface area (Å²) in [5.74, 6) is -4.00. The zero-order valence-corrected chi connectivity index (χ0v) is 24.8. The molecule has 1 aromatic heterocycles. The fourth-order valence-electron chi connectivity index (χ4n) is 8.61. The second-order valence-electron chi connectivity index (χ2n) is 13.2. The lowest BCUT2D eigenvalue weighted by Crippen LogP contribution is -2.68. The van der Waals surface area contributed by atoms with E-state index in [0.717, 1.165) is 5.57 Å². The quantitative estimate of drug-likeness (QED) is 0.236. The Kier molecular flexibility index (Phi) is 7.12. The molecule has 1 aliphatic heterocycles. The van der Waals surface area contributed by atoms with Crippen molar-refractivity contribution >= 4 is 23.7 Å². The van der Waals surface area contributed by atoms with E-state index in [1.54, 1.807) is 32.3 Å². The number of carbonyl (C=O) groups is 4. The molecule has 1 N–H and O–H groups in total. The second-order valence-corrected chi connectivity index (χ2v) is 13.2. The smallest absolute Gasteiger partial charge is 0.333 e. The Balaban J connectivity index is 1.70. The summed E-state index contributed by atoms with van der Waals surface area (Å²) >= 11 is 0. The summed E-state index contributed by atoms with van der Waals surface area (Å²) in [6.45, 7) is 11.0. The van der Waals surface area contributed by atoms with Gasteiger partial charge < -0.3 is 23.7 Å². The number of cyclic esters (lactones) is 1. The first-order valence-corrected chi connectivity index (χ1v) is 14.3. The number of hydrogen-bond acceptors (Lipinski definition) is 9. The van der Waals surface area contributed by atoms with Gasteiger partial charge >= 0.3 is 17.9 Å². The Morgan fingerprint density at radius 2 is 1.90 bits per heavy atom. The van der Waals surface area contributed by atoms with Crippen molar-refractivity contribution in [2.45, 2.75) is 79.1 Å². The van der Waals surface area contributed by atoms with E-state index in [1.807, 2.05) is 33.8 Å². The van der Waals surface area contributed by atoms with E-state index >= 15 is 0 Å². The van der Waals surface area contributed by atoms with Crippen molar-refractivity contribution in [3.05, 3.63) is 47.5 Å². The SMILES string of the molecule is C/C=C(\C)C(=O)O[C@@H]1[C@@H]2C=C3[C@H]([C@H](O)C[C@]4(C)[C@H]3CC(=O)O[C@H]4c3ccoc3)[C@@](C)(C2=O)[C@@H](CC(=O)OC)C1(C)C. The molecule has 0 spiro atoms. The van der Waals surface area contributed by atoms with Crippen LogP contribution < -0.4 is 0 Å². The number of Topliss-reactive ketones (excluding diaryl/α,β-unsaturated/α-hetero) is 1. The van der Waals surface area contributed by atoms with Crippen molar-refractivity contribution in [2.24, 2.45) is 39.9 Å². The van der Waals surface area contributed by atoms with Gasteiger partial charge in [0.15, 0.2) is 0 Å². The number of rotatable bonds is 5. The van der Waals surface area contributed by atoms with E-state index < -0.39 is 64.2 Å². The number of ether oxygens (including phenoxy) is 3. The van der Waals surface area contributed by atoms with Gasteiger partial charge in [0, 0.05) is 39.7 Å². The van der Waals surface area contributed by atoms with E-state index in [9.17, 15) is 24.3 Å². The van der Waals surface area contributed by atoms with Crippen LogP contribution in [0.4, 0.5) is 0 Å². The number of fused-ring (bicyclic) bond motifs is 6. The molecule has 5 rings (SSSR count). The van der Waals surface area contributed by atoms with Crippen LogP contribution >= 0.6 is 0 Å². The number of aliphatic hydroxyl groups excluding tert-OH is 1. The molecule has 1 aromatic rings. The average Bonchev–Trinajstić information content (AvgIpc) is 3.45. The highest BCUT2D eigenvalue weighted by molar-refractivity contribution is 5.94. The molecule has 0 unspecified atom stereocenters. The maximum atomic E-state index is 14.5. The number of furan rings is 1. The van der Waals surface area contributed by atoms with Crippen LogP contribution in [0.1, 0.15) is 72.5 Å². The van der Waals surface area contributed by atoms with Crippen LogP contribution in [-0.4, -0.2) is 48.1 Å². The van der Waals surface area contributed by atoms with Crippen LogP contribution in [0.25, 0.3) is 0 Å². The van der Waals surface area contributed by atoms with Crippen molar-refractivity contribution in [1.29, 1.82) is 0 Å². The summed E-state index contributed by atoms with van der Waals surface area (Å²) in [6.07, 6.45) is 4.37. The van der Waals surface area contributed by atoms with Gasteiger partial charge in [-0.3, -0.25) is 14.4 Å². The Labute approximate surface area is 240 Å². The Morgan fingerprint density at radius 3 is 2.51 bits per heavy atom. The molecule has 1 saturated heterocycles. The molecule has 3 fully saturated rings. The van der Waals surface area contributed by atoms with E-state index in [-0.39, 0.29) is 36.9 Å². The van der Waals surface area contributed by atoms with Crippen LogP contribution in [0.5, 0.6) is 0 Å². The predicted molar refractivity (Wildman–Crippen MR) is 146 cm³/mol. The fourth-order valence-corrected chi connectivity index (χ4v) is 8.61. The fraction of sp³-hybridized carbons (Fsp3) is 0.625. The van der Waals surface area contributed by atoms with Gasteiger partial charge in [-0.25, -0.2) is 4.79 Å². The van der Waals surface area contributed by atoms with E-state index in [1.165, 1.54) is 13.4 Å². The molecule has 0 radical (unpaired) electrons. The second kappa shape index (κ2) is 9.96. The topological polar surface area (TPSA) is 129 Å². The first-order chi connectivity index (χ1) is 19.2. The summed E-state index contributed by atoms with van der Waals surface area (Å²) in [7, 11) is 1.30. The minimum atomic E-state index is -1.18. The normalized spacial score (nSPS) is 39.6. The molecule has 9 atom stereocenters. The van der Waals surface area contributed by atoms with Crippen LogP contribution in [0.2, 0.25) is 0 Å². The number of allylic oxidation sites excluding steroid dienone is 1. The molecule has 9 heteroatoms. The molecule has 41 heavy (non-hydrogen) atoms. The van der Waals surface area contributed by atoms with Gasteiger partial charge in [0.05, 0.1) is 38.1 Å². The molecule has 2 bridgehead atoms. The largest absolute Gasteiger partial charge is 0.472 e. The monoisotopic (exact) mass is 568 g/mol. The number of carbonyl (C=O) groups excluding carboxylic acids is 4. The molecule has 0 aromatic carbocycles. The Morgan fingerprint density at radius 1 is 1.20 bits per heavy atom. The molecular formula is C32H40O9. The predicted octanol–water partition coefficient (Wildman–Crippen LogP) is 4.50. The van der Waals surface area contributed by atoms with Gasteiger partial charge in [-0.15, -0.1) is 0 Å². The van der Waals surface area contributed by atoms with Crippen molar-refractivity contribution in [3.63, 3.8) is 0 Å². The number of hydrogen-bond donors (Lipinski definition) is 1. The maximum Gasteiger partial charge on any atom is 0.333 e. The number of methoxy groups -OCH3 is 1. The first-order valence-electron chi connectivity index (χ1n) is 14.3. The van der Waals surface area contributed by atoms with E-state index in [2.05, 4.69) is 0 Å². The van der Waals surface area contributed by atoms with Crippen molar-refractivity contribution in [2.75, 3.05) is 7.11 Å². The summed E-state index contributed by atoms with van der Waals surface area (Å²) in [6, 6.07) is 1.76. The molecule has 0 amide bonds. The zero-order valence-electron chi connectivity index (χ0n) is 24.8. The molecule has 4 aliphatic rings.